The van der Waals surface area contributed by atoms with Crippen LogP contribution in [0.25, 0.3) is 0 Å². The average molecular weight is 308 g/mol. The van der Waals surface area contributed by atoms with E-state index in [0.29, 0.717) is 25.2 Å². The number of nitrogens with one attached hydrogen (secondary N) is 1. The predicted octanol–water partition coefficient (Wildman–Crippen LogP) is 1.45. The molecule has 0 fully saturated rings. The molecule has 0 bridgehead atoms. The summed E-state index contributed by atoms with van der Waals surface area (Å²) < 4.78 is 29.0. The summed E-state index contributed by atoms with van der Waals surface area (Å²) in [7, 11) is -3.54. The van der Waals surface area contributed by atoms with Crippen molar-refractivity contribution in [3.05, 3.63) is 41.7 Å². The summed E-state index contributed by atoms with van der Waals surface area (Å²) in [5, 5.41) is 4.07. The largest absolute Gasteiger partial charge is 0.399 e. The van der Waals surface area contributed by atoms with Crippen LogP contribution in [0, 0.1) is 13.8 Å². The highest BCUT2D eigenvalue weighted by molar-refractivity contribution is 7.89. The third-order valence-corrected chi connectivity index (χ3v) is 4.93. The van der Waals surface area contributed by atoms with Gasteiger partial charge in [0.1, 0.15) is 0 Å². The number of benzene rings is 1. The van der Waals surface area contributed by atoms with Gasteiger partial charge in [-0.05, 0) is 49.6 Å². The number of hydrogen-bond acceptors (Lipinski definition) is 4. The number of aromatic nitrogens is 2. The van der Waals surface area contributed by atoms with Crippen LogP contribution >= 0.6 is 0 Å². The second-order valence-electron chi connectivity index (χ2n) is 4.98. The Labute approximate surface area is 125 Å². The summed E-state index contributed by atoms with van der Waals surface area (Å²) in [6, 6.07) is 5.10. The van der Waals surface area contributed by atoms with Crippen molar-refractivity contribution >= 4 is 15.7 Å². The van der Waals surface area contributed by atoms with E-state index in [4.69, 9.17) is 5.73 Å². The maximum absolute atomic E-state index is 12.3. The van der Waals surface area contributed by atoms with Gasteiger partial charge in [-0.2, -0.15) is 5.10 Å². The molecule has 21 heavy (non-hydrogen) atoms. The highest BCUT2D eigenvalue weighted by Crippen LogP contribution is 2.22. The molecule has 0 saturated carbocycles. The molecule has 6 nitrogen and oxygen atoms in total. The van der Waals surface area contributed by atoms with Crippen molar-refractivity contribution in [3.8, 4) is 0 Å². The van der Waals surface area contributed by atoms with E-state index < -0.39 is 10.0 Å². The lowest BCUT2D eigenvalue weighted by molar-refractivity contribution is 0.552. The SMILES string of the molecule is Cc1cc(N)cc(S(=O)(=O)NCCCn2cccn2)c1C. The molecule has 0 aliphatic carbocycles. The minimum atomic E-state index is -3.54. The number of nitrogens with two attached hydrogens (primary N) is 1. The Morgan fingerprint density at radius 2 is 2.10 bits per heavy atom. The van der Waals surface area contributed by atoms with E-state index in [9.17, 15) is 8.42 Å². The van der Waals surface area contributed by atoms with Crippen LogP contribution in [0.3, 0.4) is 0 Å². The topological polar surface area (TPSA) is 90.0 Å². The van der Waals surface area contributed by atoms with E-state index in [2.05, 4.69) is 9.82 Å². The van der Waals surface area contributed by atoms with E-state index >= 15 is 0 Å². The van der Waals surface area contributed by atoms with Crippen LogP contribution in [0.1, 0.15) is 17.5 Å². The Hall–Kier alpha value is -1.86. The van der Waals surface area contributed by atoms with E-state index in [1.165, 1.54) is 6.07 Å². The molecule has 0 unspecified atom stereocenters. The van der Waals surface area contributed by atoms with Crippen LogP contribution in [0.4, 0.5) is 5.69 Å². The van der Waals surface area contributed by atoms with Crippen molar-refractivity contribution in [1.29, 1.82) is 0 Å². The molecule has 0 amide bonds. The lowest BCUT2D eigenvalue weighted by Gasteiger charge is -2.12. The molecule has 114 valence electrons. The molecule has 1 aromatic carbocycles. The van der Waals surface area contributed by atoms with Gasteiger partial charge in [0.25, 0.3) is 0 Å². The second kappa shape index (κ2) is 6.28. The number of aryl methyl sites for hydroxylation is 2. The van der Waals surface area contributed by atoms with Crippen molar-refractivity contribution in [2.24, 2.45) is 0 Å². The van der Waals surface area contributed by atoms with Crippen molar-refractivity contribution < 1.29 is 8.42 Å². The third-order valence-electron chi connectivity index (χ3n) is 3.35. The number of sulfonamides is 1. The summed E-state index contributed by atoms with van der Waals surface area (Å²) in [5.41, 5.74) is 7.79. The Morgan fingerprint density at radius 1 is 1.33 bits per heavy atom. The highest BCUT2D eigenvalue weighted by atomic mass is 32.2. The molecular weight excluding hydrogens is 288 g/mol. The number of nitrogens with zero attached hydrogens (tertiary/aromatic N) is 2. The zero-order valence-corrected chi connectivity index (χ0v) is 13.0. The molecule has 2 rings (SSSR count). The minimum Gasteiger partial charge on any atom is -0.399 e. The van der Waals surface area contributed by atoms with Crippen molar-refractivity contribution in [1.82, 2.24) is 14.5 Å². The summed E-state index contributed by atoms with van der Waals surface area (Å²) in [5.74, 6) is 0. The highest BCUT2D eigenvalue weighted by Gasteiger charge is 2.17. The van der Waals surface area contributed by atoms with Gasteiger partial charge in [-0.25, -0.2) is 13.1 Å². The van der Waals surface area contributed by atoms with Crippen molar-refractivity contribution in [2.75, 3.05) is 12.3 Å². The zero-order valence-electron chi connectivity index (χ0n) is 12.2. The molecule has 3 N–H and O–H groups in total. The smallest absolute Gasteiger partial charge is 0.240 e. The fourth-order valence-corrected chi connectivity index (χ4v) is 3.51. The maximum atomic E-state index is 12.3. The van der Waals surface area contributed by atoms with Gasteiger partial charge in [0.05, 0.1) is 4.90 Å². The number of rotatable bonds is 6. The van der Waals surface area contributed by atoms with Crippen molar-refractivity contribution in [2.45, 2.75) is 31.7 Å². The van der Waals surface area contributed by atoms with Crippen LogP contribution in [-0.2, 0) is 16.6 Å². The molecule has 0 spiro atoms. The molecule has 0 atom stereocenters. The summed E-state index contributed by atoms with van der Waals surface area (Å²) in [6.45, 7) is 4.66. The molecule has 0 saturated heterocycles. The van der Waals surface area contributed by atoms with Gasteiger partial charge in [-0.15, -0.1) is 0 Å². The van der Waals surface area contributed by atoms with Gasteiger partial charge >= 0.3 is 0 Å². The lowest BCUT2D eigenvalue weighted by Crippen LogP contribution is -2.26. The quantitative estimate of drug-likeness (QED) is 0.624. The molecule has 0 aliphatic rings. The van der Waals surface area contributed by atoms with Gasteiger partial charge in [0, 0.05) is 31.2 Å². The van der Waals surface area contributed by atoms with Gasteiger partial charge in [0.2, 0.25) is 10.0 Å². The second-order valence-corrected chi connectivity index (χ2v) is 6.72. The van der Waals surface area contributed by atoms with Crippen molar-refractivity contribution in [3.63, 3.8) is 0 Å². The standard InChI is InChI=1S/C14H20N4O2S/c1-11-9-13(15)10-14(12(11)2)21(19,20)17-6-4-8-18-7-3-5-16-18/h3,5,7,9-10,17H,4,6,8,15H2,1-2H3. The van der Waals surface area contributed by atoms with Gasteiger partial charge in [0.15, 0.2) is 0 Å². The summed E-state index contributed by atoms with van der Waals surface area (Å²) in [4.78, 5) is 0.249. The molecule has 7 heteroatoms. The fourth-order valence-electron chi connectivity index (χ4n) is 2.09. The third kappa shape index (κ3) is 3.83. The Kier molecular flexibility index (Phi) is 4.64. The molecule has 0 radical (unpaired) electrons. The van der Waals surface area contributed by atoms with Crippen LogP contribution in [0.15, 0.2) is 35.5 Å². The Morgan fingerprint density at radius 3 is 2.76 bits per heavy atom. The first-order valence-electron chi connectivity index (χ1n) is 6.74. The fraction of sp³-hybridized carbons (Fsp3) is 0.357. The van der Waals surface area contributed by atoms with Crippen LogP contribution in [-0.4, -0.2) is 24.7 Å². The minimum absolute atomic E-state index is 0.249. The van der Waals surface area contributed by atoms with Gasteiger partial charge in [-0.3, -0.25) is 4.68 Å². The first-order valence-corrected chi connectivity index (χ1v) is 8.22. The Balaban J connectivity index is 2.02. The van der Waals surface area contributed by atoms with E-state index in [1.807, 2.05) is 19.2 Å². The molecular formula is C14H20N4O2S. The number of hydrogen-bond donors (Lipinski definition) is 2. The Bertz CT molecular complexity index is 709. The first-order chi connectivity index (χ1) is 9.90. The molecule has 2 aromatic rings. The molecule has 0 aliphatic heterocycles. The van der Waals surface area contributed by atoms with Crippen LogP contribution in [0.5, 0.6) is 0 Å². The maximum Gasteiger partial charge on any atom is 0.240 e. The van der Waals surface area contributed by atoms with Gasteiger partial charge in [-0.1, -0.05) is 0 Å². The van der Waals surface area contributed by atoms with E-state index in [-0.39, 0.29) is 4.90 Å². The summed E-state index contributed by atoms with van der Waals surface area (Å²) in [6.07, 6.45) is 4.21. The van der Waals surface area contributed by atoms with Gasteiger partial charge < -0.3 is 5.73 Å². The lowest BCUT2D eigenvalue weighted by atomic mass is 10.1. The normalized spacial score (nSPS) is 11.7. The van der Waals surface area contributed by atoms with Crippen LogP contribution < -0.4 is 10.5 Å². The van der Waals surface area contributed by atoms with E-state index in [1.54, 1.807) is 23.9 Å². The average Bonchev–Trinajstić information content (AvgIpc) is 2.92. The monoisotopic (exact) mass is 308 g/mol. The first kappa shape index (κ1) is 15.5. The molecule has 1 aromatic heterocycles. The van der Waals surface area contributed by atoms with E-state index in [0.717, 1.165) is 11.1 Å². The zero-order chi connectivity index (χ0) is 15.5. The van der Waals surface area contributed by atoms with Crippen LogP contribution in [0.2, 0.25) is 0 Å². The summed E-state index contributed by atoms with van der Waals surface area (Å²) >= 11 is 0. The number of nitrogen functional groups attached to an aromatic ring is 1. The molecule has 1 heterocycles. The number of anilines is 1. The predicted molar refractivity (Wildman–Crippen MR) is 82.4 cm³/mol.